The molecular weight excluding hydrogens is 313 g/mol. The molecule has 0 aliphatic heterocycles. The Balaban J connectivity index is 2.10. The molecular formula is C15H15F3N2O3. The Hall–Kier alpha value is -2.35. The van der Waals surface area contributed by atoms with E-state index in [0.717, 1.165) is 23.1 Å². The molecule has 1 atom stereocenters. The third-order valence-corrected chi connectivity index (χ3v) is 3.24. The van der Waals surface area contributed by atoms with Crippen LogP contribution in [0.3, 0.4) is 0 Å². The Kier molecular flexibility index (Phi) is 4.74. The van der Waals surface area contributed by atoms with Crippen molar-refractivity contribution in [3.63, 3.8) is 0 Å². The maximum atomic E-state index is 12.3. The normalized spacial score (nSPS) is 13.0. The van der Waals surface area contributed by atoms with E-state index in [1.54, 1.807) is 12.1 Å². The number of aliphatic hydroxyl groups excluding tert-OH is 1. The molecule has 0 aliphatic carbocycles. The molecule has 0 fully saturated rings. The second-order valence-corrected chi connectivity index (χ2v) is 5.19. The highest BCUT2D eigenvalue weighted by atomic mass is 19.4. The van der Waals surface area contributed by atoms with Crippen LogP contribution >= 0.6 is 0 Å². The van der Waals surface area contributed by atoms with Crippen LogP contribution in [0, 0.1) is 6.92 Å². The van der Waals surface area contributed by atoms with Crippen molar-refractivity contribution >= 4 is 5.91 Å². The lowest BCUT2D eigenvalue weighted by molar-refractivity contribution is -0.205. The Bertz CT molecular complexity index is 680. The van der Waals surface area contributed by atoms with Crippen LogP contribution in [-0.4, -0.2) is 46.9 Å². The van der Waals surface area contributed by atoms with E-state index < -0.39 is 24.7 Å². The summed E-state index contributed by atoms with van der Waals surface area (Å²) >= 11 is 0. The van der Waals surface area contributed by atoms with Crippen molar-refractivity contribution in [3.05, 3.63) is 41.7 Å². The molecule has 1 N–H and O–H groups in total. The Morgan fingerprint density at radius 1 is 1.35 bits per heavy atom. The van der Waals surface area contributed by atoms with Gasteiger partial charge in [0.25, 0.3) is 5.91 Å². The van der Waals surface area contributed by atoms with Crippen LogP contribution in [-0.2, 0) is 0 Å². The monoisotopic (exact) mass is 328 g/mol. The molecule has 124 valence electrons. The van der Waals surface area contributed by atoms with Gasteiger partial charge in [-0.25, -0.2) is 0 Å². The smallest absolute Gasteiger partial charge is 0.382 e. The average molecular weight is 328 g/mol. The van der Waals surface area contributed by atoms with E-state index in [1.807, 2.05) is 19.1 Å². The molecule has 0 bridgehead atoms. The van der Waals surface area contributed by atoms with Gasteiger partial charge in [-0.2, -0.15) is 13.2 Å². The lowest BCUT2D eigenvalue weighted by atomic mass is 10.1. The summed E-state index contributed by atoms with van der Waals surface area (Å²) in [5.74, 6) is -0.989. The molecule has 1 aromatic carbocycles. The predicted octanol–water partition coefficient (Wildman–Crippen LogP) is 2.65. The summed E-state index contributed by atoms with van der Waals surface area (Å²) in [6.45, 7) is 1.03. The standard InChI is InChI=1S/C15H15F3N2O3/c1-9-3-5-10(6-4-9)11-7-12(23-19-11)14(22)20(2)8-13(21)15(16,17)18/h3-7,13,21H,8H2,1-2H3. The van der Waals surface area contributed by atoms with E-state index in [0.29, 0.717) is 5.69 Å². The van der Waals surface area contributed by atoms with Crippen LogP contribution in [0.2, 0.25) is 0 Å². The summed E-state index contributed by atoms with van der Waals surface area (Å²) in [7, 11) is 1.14. The fourth-order valence-electron chi connectivity index (χ4n) is 1.87. The Morgan fingerprint density at radius 2 is 1.96 bits per heavy atom. The number of rotatable bonds is 4. The number of aryl methyl sites for hydroxylation is 1. The van der Waals surface area contributed by atoms with Gasteiger partial charge in [0.15, 0.2) is 6.10 Å². The van der Waals surface area contributed by atoms with Crippen molar-refractivity contribution in [1.29, 1.82) is 0 Å². The van der Waals surface area contributed by atoms with Crippen LogP contribution in [0.15, 0.2) is 34.9 Å². The van der Waals surface area contributed by atoms with E-state index in [9.17, 15) is 18.0 Å². The second-order valence-electron chi connectivity index (χ2n) is 5.19. The van der Waals surface area contributed by atoms with E-state index in [2.05, 4.69) is 5.16 Å². The molecule has 0 saturated heterocycles. The van der Waals surface area contributed by atoms with E-state index in [-0.39, 0.29) is 5.76 Å². The van der Waals surface area contributed by atoms with Gasteiger partial charge in [-0.05, 0) is 6.92 Å². The van der Waals surface area contributed by atoms with Gasteiger partial charge in [-0.3, -0.25) is 4.79 Å². The molecule has 0 saturated carbocycles. The number of alkyl halides is 3. The van der Waals surface area contributed by atoms with E-state index in [1.165, 1.54) is 6.07 Å². The van der Waals surface area contributed by atoms with Gasteiger partial charge in [-0.1, -0.05) is 35.0 Å². The zero-order chi connectivity index (χ0) is 17.2. The molecule has 0 spiro atoms. The summed E-state index contributed by atoms with van der Waals surface area (Å²) in [5, 5.41) is 12.7. The molecule has 23 heavy (non-hydrogen) atoms. The minimum atomic E-state index is -4.79. The number of aliphatic hydroxyl groups is 1. The maximum absolute atomic E-state index is 12.3. The third-order valence-electron chi connectivity index (χ3n) is 3.24. The molecule has 1 aromatic heterocycles. The number of hydrogen-bond donors (Lipinski definition) is 1. The number of carbonyl (C=O) groups is 1. The topological polar surface area (TPSA) is 66.6 Å². The van der Waals surface area contributed by atoms with Gasteiger partial charge in [0.1, 0.15) is 5.69 Å². The molecule has 8 heteroatoms. The molecule has 1 amide bonds. The highest BCUT2D eigenvalue weighted by Crippen LogP contribution is 2.22. The maximum Gasteiger partial charge on any atom is 0.416 e. The van der Waals surface area contributed by atoms with Crippen molar-refractivity contribution in [1.82, 2.24) is 10.1 Å². The summed E-state index contributed by atoms with van der Waals surface area (Å²) in [4.78, 5) is 12.8. The lowest BCUT2D eigenvalue weighted by Gasteiger charge is -2.21. The highest BCUT2D eigenvalue weighted by Gasteiger charge is 2.39. The Morgan fingerprint density at radius 3 is 2.52 bits per heavy atom. The SMILES string of the molecule is Cc1ccc(-c2cc(C(=O)N(C)CC(O)C(F)(F)F)on2)cc1. The first-order valence-electron chi connectivity index (χ1n) is 6.72. The van der Waals surface area contributed by atoms with Crippen molar-refractivity contribution in [2.24, 2.45) is 0 Å². The zero-order valence-electron chi connectivity index (χ0n) is 12.5. The van der Waals surface area contributed by atoms with Crippen LogP contribution in [0.25, 0.3) is 11.3 Å². The van der Waals surface area contributed by atoms with Gasteiger partial charge in [0, 0.05) is 18.7 Å². The summed E-state index contributed by atoms with van der Waals surface area (Å²) < 4.78 is 41.8. The van der Waals surface area contributed by atoms with Gasteiger partial charge in [-0.15, -0.1) is 0 Å². The molecule has 2 aromatic rings. The lowest BCUT2D eigenvalue weighted by Crippen LogP contribution is -2.41. The van der Waals surface area contributed by atoms with E-state index in [4.69, 9.17) is 9.63 Å². The quantitative estimate of drug-likeness (QED) is 0.937. The van der Waals surface area contributed by atoms with Crippen LogP contribution in [0.4, 0.5) is 13.2 Å². The highest BCUT2D eigenvalue weighted by molar-refractivity contribution is 5.92. The van der Waals surface area contributed by atoms with Crippen LogP contribution in [0.5, 0.6) is 0 Å². The molecule has 5 nitrogen and oxygen atoms in total. The van der Waals surface area contributed by atoms with Crippen molar-refractivity contribution in [2.75, 3.05) is 13.6 Å². The zero-order valence-corrected chi connectivity index (χ0v) is 12.5. The van der Waals surface area contributed by atoms with Crippen LogP contribution in [0.1, 0.15) is 16.1 Å². The number of hydrogen-bond acceptors (Lipinski definition) is 4. The van der Waals surface area contributed by atoms with Crippen molar-refractivity contribution < 1.29 is 27.6 Å². The average Bonchev–Trinajstić information content (AvgIpc) is 2.95. The number of nitrogens with zero attached hydrogens (tertiary/aromatic N) is 2. The van der Waals surface area contributed by atoms with Crippen molar-refractivity contribution in [3.8, 4) is 11.3 Å². The number of halogens is 3. The second kappa shape index (κ2) is 6.41. The number of aromatic nitrogens is 1. The summed E-state index contributed by atoms with van der Waals surface area (Å²) in [5.41, 5.74) is 2.17. The minimum Gasteiger partial charge on any atom is -0.382 e. The minimum absolute atomic E-state index is 0.197. The number of amides is 1. The first-order valence-corrected chi connectivity index (χ1v) is 6.72. The molecule has 1 heterocycles. The Labute approximate surface area is 130 Å². The summed E-state index contributed by atoms with van der Waals surface area (Å²) in [6.07, 6.45) is -7.40. The first kappa shape index (κ1) is 17.0. The van der Waals surface area contributed by atoms with E-state index >= 15 is 0 Å². The molecule has 1 unspecified atom stereocenters. The van der Waals surface area contributed by atoms with Gasteiger partial charge in [0.2, 0.25) is 5.76 Å². The fourth-order valence-corrected chi connectivity index (χ4v) is 1.87. The number of benzene rings is 1. The number of carbonyl (C=O) groups excluding carboxylic acids is 1. The molecule has 0 aliphatic rings. The van der Waals surface area contributed by atoms with Gasteiger partial charge >= 0.3 is 6.18 Å². The molecule has 2 rings (SSSR count). The largest absolute Gasteiger partial charge is 0.416 e. The van der Waals surface area contributed by atoms with Gasteiger partial charge < -0.3 is 14.5 Å². The fraction of sp³-hybridized carbons (Fsp3) is 0.333. The predicted molar refractivity (Wildman–Crippen MR) is 75.7 cm³/mol. The third kappa shape index (κ3) is 4.10. The number of likely N-dealkylation sites (N-methyl/N-ethyl adjacent to an activating group) is 1. The molecule has 0 radical (unpaired) electrons. The van der Waals surface area contributed by atoms with Gasteiger partial charge in [0.05, 0.1) is 6.54 Å². The van der Waals surface area contributed by atoms with Crippen LogP contribution < -0.4 is 0 Å². The summed E-state index contributed by atoms with van der Waals surface area (Å²) in [6, 6.07) is 8.65. The first-order chi connectivity index (χ1) is 10.7. The van der Waals surface area contributed by atoms with Crippen molar-refractivity contribution in [2.45, 2.75) is 19.2 Å².